The molecule has 0 unspecified atom stereocenters. The number of rotatable bonds is 2. The summed E-state index contributed by atoms with van der Waals surface area (Å²) in [5.41, 5.74) is 5.09. The molecule has 2 aromatic rings. The summed E-state index contributed by atoms with van der Waals surface area (Å²) in [6.45, 7) is 6.11. The average molecular weight is 253 g/mol. The molecule has 2 aromatic carbocycles. The number of hydrazine groups is 1. The van der Waals surface area contributed by atoms with Gasteiger partial charge in [0.15, 0.2) is 0 Å². The molecule has 0 amide bonds. The highest BCUT2D eigenvalue weighted by molar-refractivity contribution is 6.07. The van der Waals surface area contributed by atoms with Crippen molar-refractivity contribution in [2.24, 2.45) is 5.84 Å². The van der Waals surface area contributed by atoms with Crippen molar-refractivity contribution >= 4 is 11.5 Å². The normalized spacial score (nSPS) is 10.3. The molecule has 0 spiro atoms. The Kier molecular flexibility index (Phi) is 3.67. The molecule has 0 aliphatic carbocycles. The summed E-state index contributed by atoms with van der Waals surface area (Å²) >= 11 is 0. The zero-order valence-electron chi connectivity index (χ0n) is 11.6. The van der Waals surface area contributed by atoms with E-state index in [0.717, 1.165) is 22.4 Å². The van der Waals surface area contributed by atoms with E-state index in [2.05, 4.69) is 19.1 Å². The second kappa shape index (κ2) is 5.24. The molecule has 0 atom stereocenters. The van der Waals surface area contributed by atoms with Crippen LogP contribution >= 0.6 is 0 Å². The fourth-order valence-electron chi connectivity index (χ4n) is 2.40. The van der Waals surface area contributed by atoms with E-state index in [1.54, 1.807) is 0 Å². The minimum absolute atomic E-state index is 0.302. The van der Waals surface area contributed by atoms with Crippen LogP contribution in [0.2, 0.25) is 0 Å². The average Bonchev–Trinajstić information content (AvgIpc) is 2.37. The fourth-order valence-corrected chi connectivity index (χ4v) is 2.40. The van der Waals surface area contributed by atoms with E-state index in [1.165, 1.54) is 10.6 Å². The van der Waals surface area contributed by atoms with Gasteiger partial charge in [-0.2, -0.15) is 0 Å². The van der Waals surface area contributed by atoms with Crippen molar-refractivity contribution in [1.29, 1.82) is 5.41 Å². The lowest BCUT2D eigenvalue weighted by Crippen LogP contribution is -2.38. The maximum atomic E-state index is 8.22. The lowest BCUT2D eigenvalue weighted by molar-refractivity contribution is 1.08. The Balaban J connectivity index is 2.40. The summed E-state index contributed by atoms with van der Waals surface area (Å²) < 4.78 is 0. The standard InChI is InChI=1S/C16H19N3/c1-11-9-12(2)15(13(3)10-11)19(18)16(17)14-7-5-4-6-8-14/h4-10,17H,18H2,1-3H3. The highest BCUT2D eigenvalue weighted by atomic mass is 15.4. The second-order valence-electron chi connectivity index (χ2n) is 4.83. The molecule has 2 rings (SSSR count). The van der Waals surface area contributed by atoms with Crippen LogP contribution < -0.4 is 10.9 Å². The van der Waals surface area contributed by atoms with Crippen LogP contribution in [0.1, 0.15) is 22.3 Å². The van der Waals surface area contributed by atoms with E-state index in [-0.39, 0.29) is 0 Å². The van der Waals surface area contributed by atoms with Crippen molar-refractivity contribution in [2.75, 3.05) is 5.01 Å². The summed E-state index contributed by atoms with van der Waals surface area (Å²) in [7, 11) is 0. The Morgan fingerprint density at radius 3 is 2.05 bits per heavy atom. The van der Waals surface area contributed by atoms with Gasteiger partial charge in [0.25, 0.3) is 0 Å². The van der Waals surface area contributed by atoms with Crippen molar-refractivity contribution in [3.05, 3.63) is 64.7 Å². The third-order valence-electron chi connectivity index (χ3n) is 3.16. The Bertz CT molecular complexity index is 580. The molecule has 0 radical (unpaired) electrons. The molecule has 3 nitrogen and oxygen atoms in total. The van der Waals surface area contributed by atoms with Crippen LogP contribution in [0.3, 0.4) is 0 Å². The van der Waals surface area contributed by atoms with E-state index in [4.69, 9.17) is 11.3 Å². The highest BCUT2D eigenvalue weighted by Gasteiger charge is 2.14. The number of nitrogens with zero attached hydrogens (tertiary/aromatic N) is 1. The van der Waals surface area contributed by atoms with Crippen molar-refractivity contribution in [1.82, 2.24) is 0 Å². The van der Waals surface area contributed by atoms with Crippen LogP contribution in [0.15, 0.2) is 42.5 Å². The van der Waals surface area contributed by atoms with Crippen LogP contribution in [-0.4, -0.2) is 5.84 Å². The smallest absolute Gasteiger partial charge is 0.147 e. The van der Waals surface area contributed by atoms with Gasteiger partial charge in [-0.05, 0) is 31.9 Å². The zero-order chi connectivity index (χ0) is 14.0. The van der Waals surface area contributed by atoms with Gasteiger partial charge in [-0.1, -0.05) is 48.0 Å². The summed E-state index contributed by atoms with van der Waals surface area (Å²) in [6, 6.07) is 13.7. The monoisotopic (exact) mass is 253 g/mol. The maximum Gasteiger partial charge on any atom is 0.147 e. The van der Waals surface area contributed by atoms with Gasteiger partial charge in [-0.3, -0.25) is 10.4 Å². The Morgan fingerprint density at radius 1 is 1.00 bits per heavy atom. The molecule has 0 aliphatic heterocycles. The minimum Gasteiger partial charge on any atom is -0.283 e. The van der Waals surface area contributed by atoms with Crippen molar-refractivity contribution in [3.8, 4) is 0 Å². The minimum atomic E-state index is 0.302. The van der Waals surface area contributed by atoms with Crippen LogP contribution in [-0.2, 0) is 0 Å². The molecular formula is C16H19N3. The van der Waals surface area contributed by atoms with Crippen molar-refractivity contribution < 1.29 is 0 Å². The first-order valence-electron chi connectivity index (χ1n) is 6.27. The second-order valence-corrected chi connectivity index (χ2v) is 4.83. The molecule has 0 aromatic heterocycles. The quantitative estimate of drug-likeness (QED) is 0.373. The lowest BCUT2D eigenvalue weighted by Gasteiger charge is -2.24. The van der Waals surface area contributed by atoms with E-state index >= 15 is 0 Å². The van der Waals surface area contributed by atoms with E-state index in [0.29, 0.717) is 5.84 Å². The van der Waals surface area contributed by atoms with E-state index in [9.17, 15) is 0 Å². The van der Waals surface area contributed by atoms with E-state index < -0.39 is 0 Å². The van der Waals surface area contributed by atoms with Gasteiger partial charge in [-0.25, -0.2) is 5.84 Å². The SMILES string of the molecule is Cc1cc(C)c(N(N)C(=N)c2ccccc2)c(C)c1. The number of hydrogen-bond donors (Lipinski definition) is 2. The van der Waals surface area contributed by atoms with Crippen LogP contribution in [0.25, 0.3) is 0 Å². The predicted molar refractivity (Wildman–Crippen MR) is 80.6 cm³/mol. The first kappa shape index (κ1) is 13.3. The fraction of sp³-hybridized carbons (Fsp3) is 0.188. The molecule has 98 valence electrons. The first-order chi connectivity index (χ1) is 9.00. The van der Waals surface area contributed by atoms with Gasteiger partial charge in [0.2, 0.25) is 0 Å². The topological polar surface area (TPSA) is 53.1 Å². The molecule has 0 aliphatic rings. The molecule has 0 saturated carbocycles. The predicted octanol–water partition coefficient (Wildman–Crippen LogP) is 3.32. The first-order valence-corrected chi connectivity index (χ1v) is 6.27. The van der Waals surface area contributed by atoms with Gasteiger partial charge in [0.1, 0.15) is 5.84 Å². The van der Waals surface area contributed by atoms with Crippen LogP contribution in [0.4, 0.5) is 5.69 Å². The molecule has 19 heavy (non-hydrogen) atoms. The molecule has 0 saturated heterocycles. The van der Waals surface area contributed by atoms with Gasteiger partial charge in [-0.15, -0.1) is 0 Å². The number of nitrogens with one attached hydrogen (secondary N) is 1. The zero-order valence-corrected chi connectivity index (χ0v) is 11.6. The summed E-state index contributed by atoms with van der Waals surface area (Å²) in [5, 5.41) is 9.68. The number of benzene rings is 2. The third-order valence-corrected chi connectivity index (χ3v) is 3.16. The van der Waals surface area contributed by atoms with Gasteiger partial charge >= 0.3 is 0 Å². The summed E-state index contributed by atoms with van der Waals surface area (Å²) in [5.74, 6) is 6.43. The Morgan fingerprint density at radius 2 is 1.53 bits per heavy atom. The Hall–Kier alpha value is -2.13. The number of aryl methyl sites for hydroxylation is 3. The largest absolute Gasteiger partial charge is 0.283 e. The third kappa shape index (κ3) is 2.66. The van der Waals surface area contributed by atoms with E-state index in [1.807, 2.05) is 44.2 Å². The van der Waals surface area contributed by atoms with Crippen LogP contribution in [0.5, 0.6) is 0 Å². The molecule has 0 heterocycles. The number of nitrogens with two attached hydrogens (primary N) is 1. The van der Waals surface area contributed by atoms with Crippen molar-refractivity contribution in [2.45, 2.75) is 20.8 Å². The van der Waals surface area contributed by atoms with Crippen molar-refractivity contribution in [3.63, 3.8) is 0 Å². The molecule has 0 fully saturated rings. The van der Waals surface area contributed by atoms with Gasteiger partial charge in [0.05, 0.1) is 5.69 Å². The maximum absolute atomic E-state index is 8.22. The summed E-state index contributed by atoms with van der Waals surface area (Å²) in [4.78, 5) is 0. The molecule has 0 bridgehead atoms. The Labute approximate surface area is 114 Å². The highest BCUT2D eigenvalue weighted by Crippen LogP contribution is 2.25. The number of hydrogen-bond acceptors (Lipinski definition) is 2. The molecular weight excluding hydrogens is 234 g/mol. The lowest BCUT2D eigenvalue weighted by atomic mass is 10.0. The van der Waals surface area contributed by atoms with Gasteiger partial charge < -0.3 is 0 Å². The number of amidine groups is 1. The number of anilines is 1. The summed E-state index contributed by atoms with van der Waals surface area (Å²) in [6.07, 6.45) is 0. The molecule has 3 heteroatoms. The molecule has 3 N–H and O–H groups in total. The van der Waals surface area contributed by atoms with Crippen LogP contribution in [0, 0.1) is 26.2 Å². The van der Waals surface area contributed by atoms with Gasteiger partial charge in [0, 0.05) is 5.56 Å².